The molecule has 0 atom stereocenters. The fourth-order valence-corrected chi connectivity index (χ4v) is 5.28. The van der Waals surface area contributed by atoms with Gasteiger partial charge in [-0.1, -0.05) is 50.7 Å². The molecule has 39 heavy (non-hydrogen) atoms. The lowest BCUT2D eigenvalue weighted by Gasteiger charge is -2.23. The second-order valence-electron chi connectivity index (χ2n) is 10.4. The number of carboxylic acids is 1. The van der Waals surface area contributed by atoms with Crippen molar-refractivity contribution in [2.75, 3.05) is 23.4 Å². The summed E-state index contributed by atoms with van der Waals surface area (Å²) in [7, 11) is 0. The smallest absolute Gasteiger partial charge is 0.303 e. The number of aliphatic hydroxyl groups is 1. The molecule has 0 aromatic heterocycles. The van der Waals surface area contributed by atoms with E-state index in [1.54, 1.807) is 24.3 Å². The lowest BCUT2D eigenvalue weighted by molar-refractivity contribution is -0.137. The van der Waals surface area contributed by atoms with Gasteiger partial charge in [0.15, 0.2) is 0 Å². The molecule has 1 saturated carbocycles. The van der Waals surface area contributed by atoms with Crippen LogP contribution in [0.2, 0.25) is 0 Å². The zero-order valence-corrected chi connectivity index (χ0v) is 22.4. The lowest BCUT2D eigenvalue weighted by atomic mass is 9.84. The second-order valence-corrected chi connectivity index (χ2v) is 10.4. The zero-order chi connectivity index (χ0) is 27.6. The molecule has 3 N–H and O–H groups in total. The van der Waals surface area contributed by atoms with Crippen LogP contribution in [0.15, 0.2) is 59.9 Å². The molecule has 8 nitrogen and oxygen atoms in total. The van der Waals surface area contributed by atoms with Crippen LogP contribution in [0, 0.1) is 0 Å². The number of aliphatic carboxylic acids is 1. The van der Waals surface area contributed by atoms with Gasteiger partial charge in [0.1, 0.15) is 17.1 Å². The Bertz CT molecular complexity index is 1170. The normalized spacial score (nSPS) is 16.0. The highest BCUT2D eigenvalue weighted by atomic mass is 16.5. The van der Waals surface area contributed by atoms with Crippen molar-refractivity contribution in [1.29, 1.82) is 0 Å². The maximum absolute atomic E-state index is 13.0. The summed E-state index contributed by atoms with van der Waals surface area (Å²) in [6.07, 6.45) is 10.8. The Balaban J connectivity index is 1.23. The lowest BCUT2D eigenvalue weighted by Crippen LogP contribution is -2.30. The predicted molar refractivity (Wildman–Crippen MR) is 150 cm³/mol. The quantitative estimate of drug-likeness (QED) is 0.204. The van der Waals surface area contributed by atoms with E-state index in [1.807, 2.05) is 12.1 Å². The number of anilines is 2. The van der Waals surface area contributed by atoms with Crippen LogP contribution < -0.4 is 15.0 Å². The summed E-state index contributed by atoms with van der Waals surface area (Å²) < 4.78 is 5.74. The average Bonchev–Trinajstić information content (AvgIpc) is 3.25. The Hall–Kier alpha value is -3.81. The number of hydrogen-bond acceptors (Lipinski definition) is 5. The van der Waals surface area contributed by atoms with Gasteiger partial charge in [0, 0.05) is 17.8 Å². The monoisotopic (exact) mass is 534 g/mol. The summed E-state index contributed by atoms with van der Waals surface area (Å²) in [5.74, 6) is -0.918. The predicted octanol–water partition coefficient (Wildman–Crippen LogP) is 6.34. The number of aliphatic hydroxyl groups excluding tert-OH is 1. The first-order valence-electron chi connectivity index (χ1n) is 14.0. The summed E-state index contributed by atoms with van der Waals surface area (Å²) in [5.41, 5.74) is 2.19. The van der Waals surface area contributed by atoms with Gasteiger partial charge in [-0.25, -0.2) is 0 Å². The van der Waals surface area contributed by atoms with Crippen LogP contribution in [0.4, 0.5) is 11.4 Å². The van der Waals surface area contributed by atoms with Crippen molar-refractivity contribution in [2.45, 2.75) is 76.5 Å². The Kier molecular flexibility index (Phi) is 10.00. The first kappa shape index (κ1) is 28.2. The van der Waals surface area contributed by atoms with Crippen molar-refractivity contribution in [1.82, 2.24) is 0 Å². The summed E-state index contributed by atoms with van der Waals surface area (Å²) in [4.78, 5) is 37.9. The van der Waals surface area contributed by atoms with E-state index in [0.717, 1.165) is 25.7 Å². The Morgan fingerprint density at radius 2 is 1.56 bits per heavy atom. The van der Waals surface area contributed by atoms with Gasteiger partial charge in [0.05, 0.1) is 13.2 Å². The van der Waals surface area contributed by atoms with Gasteiger partial charge in [0.25, 0.3) is 11.8 Å². The molecular weight excluding hydrogens is 496 g/mol. The minimum atomic E-state index is -0.751. The average molecular weight is 535 g/mol. The van der Waals surface area contributed by atoms with Gasteiger partial charge in [-0.2, -0.15) is 0 Å². The number of hydrogen-bond donors (Lipinski definition) is 3. The zero-order valence-electron chi connectivity index (χ0n) is 22.4. The van der Waals surface area contributed by atoms with E-state index >= 15 is 0 Å². The number of carbonyl (C=O) groups is 3. The van der Waals surface area contributed by atoms with Crippen molar-refractivity contribution in [3.8, 4) is 5.75 Å². The number of amides is 2. The highest BCUT2D eigenvalue weighted by molar-refractivity contribution is 6.29. The van der Waals surface area contributed by atoms with E-state index in [0.29, 0.717) is 36.1 Å². The number of rotatable bonds is 13. The van der Waals surface area contributed by atoms with Crippen LogP contribution in [0.5, 0.6) is 5.75 Å². The molecule has 0 saturated heterocycles. The molecule has 0 bridgehead atoms. The van der Waals surface area contributed by atoms with E-state index in [2.05, 4.69) is 17.4 Å². The largest absolute Gasteiger partial charge is 0.509 e. The van der Waals surface area contributed by atoms with Crippen molar-refractivity contribution >= 4 is 29.2 Å². The number of ether oxygens (including phenoxy) is 1. The van der Waals surface area contributed by atoms with Crippen LogP contribution in [-0.2, 0) is 14.4 Å². The summed E-state index contributed by atoms with van der Waals surface area (Å²) >= 11 is 0. The van der Waals surface area contributed by atoms with Gasteiger partial charge >= 0.3 is 5.97 Å². The van der Waals surface area contributed by atoms with Crippen LogP contribution in [0.1, 0.15) is 82.1 Å². The van der Waals surface area contributed by atoms with Gasteiger partial charge in [-0.05, 0) is 73.6 Å². The molecule has 208 valence electrons. The third-order valence-corrected chi connectivity index (χ3v) is 7.48. The van der Waals surface area contributed by atoms with E-state index in [9.17, 15) is 19.5 Å². The van der Waals surface area contributed by atoms with Gasteiger partial charge < -0.3 is 25.2 Å². The molecular formula is C31H38N2O6. The Morgan fingerprint density at radius 3 is 2.26 bits per heavy atom. The molecule has 1 aliphatic heterocycles. The maximum Gasteiger partial charge on any atom is 0.303 e. The van der Waals surface area contributed by atoms with Gasteiger partial charge in [0.2, 0.25) is 0 Å². The Labute approximate surface area is 229 Å². The van der Waals surface area contributed by atoms with E-state index in [1.165, 1.54) is 42.6 Å². The van der Waals surface area contributed by atoms with Crippen molar-refractivity contribution in [3.05, 3.63) is 65.4 Å². The molecule has 1 heterocycles. The molecule has 2 aromatic carbocycles. The van der Waals surface area contributed by atoms with Crippen LogP contribution >= 0.6 is 0 Å². The standard InChI is InChI=1S/C31H38N2O6/c34-27-21-33(25-16-12-23(13-17-25)22-9-5-4-6-10-22)31(38)29(27)30(37)32-24-14-18-26(19-15-24)39-20-8-3-1-2-7-11-28(35)36/h12-19,22,34H,1-11,20-21H2,(H,32,37)(H,35,36). The number of benzene rings is 2. The van der Waals surface area contributed by atoms with E-state index in [4.69, 9.17) is 9.84 Å². The Morgan fingerprint density at radius 1 is 0.897 bits per heavy atom. The third kappa shape index (κ3) is 7.85. The summed E-state index contributed by atoms with van der Waals surface area (Å²) in [5, 5.41) is 21.8. The minimum absolute atomic E-state index is 0.0311. The molecule has 0 unspecified atom stereocenters. The highest BCUT2D eigenvalue weighted by Gasteiger charge is 2.36. The number of carboxylic acid groups (broad SMARTS) is 1. The molecule has 1 aliphatic carbocycles. The number of unbranched alkanes of at least 4 members (excludes halogenated alkanes) is 4. The third-order valence-electron chi connectivity index (χ3n) is 7.48. The molecule has 0 spiro atoms. The topological polar surface area (TPSA) is 116 Å². The van der Waals surface area contributed by atoms with E-state index < -0.39 is 17.8 Å². The SMILES string of the molecule is O=C(O)CCCCCCCOc1ccc(NC(=O)C2=C(O)CN(c3ccc(C4CCCCC4)cc3)C2=O)cc1. The van der Waals surface area contributed by atoms with Crippen LogP contribution in [0.25, 0.3) is 0 Å². The highest BCUT2D eigenvalue weighted by Crippen LogP contribution is 2.34. The van der Waals surface area contributed by atoms with Gasteiger partial charge in [-0.15, -0.1) is 0 Å². The molecule has 2 aromatic rings. The number of nitrogens with one attached hydrogen (secondary N) is 1. The molecule has 0 radical (unpaired) electrons. The second kappa shape index (κ2) is 13.8. The molecule has 1 fully saturated rings. The fourth-order valence-electron chi connectivity index (χ4n) is 5.28. The van der Waals surface area contributed by atoms with Crippen molar-refractivity contribution in [3.63, 3.8) is 0 Å². The minimum Gasteiger partial charge on any atom is -0.509 e. The first-order valence-corrected chi connectivity index (χ1v) is 14.0. The van der Waals surface area contributed by atoms with Crippen molar-refractivity contribution < 1.29 is 29.3 Å². The molecule has 8 heteroatoms. The molecule has 2 amide bonds. The number of nitrogens with zero attached hydrogens (tertiary/aromatic N) is 1. The molecule has 2 aliphatic rings. The van der Waals surface area contributed by atoms with Crippen LogP contribution in [-0.4, -0.2) is 41.1 Å². The fraction of sp³-hybridized carbons (Fsp3) is 0.452. The molecule has 4 rings (SSSR count). The van der Waals surface area contributed by atoms with E-state index in [-0.39, 0.29) is 24.3 Å². The summed E-state index contributed by atoms with van der Waals surface area (Å²) in [6, 6.07) is 14.8. The summed E-state index contributed by atoms with van der Waals surface area (Å²) in [6.45, 7) is 0.522. The first-order chi connectivity index (χ1) is 18.9. The maximum atomic E-state index is 13.0. The number of carbonyl (C=O) groups excluding carboxylic acids is 2. The van der Waals surface area contributed by atoms with Crippen LogP contribution in [0.3, 0.4) is 0 Å². The van der Waals surface area contributed by atoms with Gasteiger partial charge in [-0.3, -0.25) is 14.4 Å². The van der Waals surface area contributed by atoms with Crippen molar-refractivity contribution in [2.24, 2.45) is 0 Å².